The van der Waals surface area contributed by atoms with E-state index in [4.69, 9.17) is 0 Å². The summed E-state index contributed by atoms with van der Waals surface area (Å²) in [6, 6.07) is 8.51. The molecule has 4 heteroatoms. The number of piperidine rings is 1. The molecule has 0 spiro atoms. The van der Waals surface area contributed by atoms with Crippen LogP contribution in [0.1, 0.15) is 18.4 Å². The molecule has 98 valence electrons. The fourth-order valence-corrected chi connectivity index (χ4v) is 2.35. The van der Waals surface area contributed by atoms with E-state index in [0.717, 1.165) is 37.3 Å². The van der Waals surface area contributed by atoms with Gasteiger partial charge in [0.1, 0.15) is 0 Å². The number of hydrogen-bond acceptors (Lipinski definition) is 3. The number of amides is 1. The molecule has 0 saturated carbocycles. The minimum atomic E-state index is 0.588. The first-order valence-electron chi connectivity index (χ1n) is 6.49. The largest absolute Gasteiger partial charge is 0.328 e. The van der Waals surface area contributed by atoms with Gasteiger partial charge in [-0.15, -0.1) is 0 Å². The van der Waals surface area contributed by atoms with Crippen molar-refractivity contribution in [3.05, 3.63) is 29.8 Å². The lowest BCUT2D eigenvalue weighted by molar-refractivity contribution is -0.105. The zero-order valence-corrected chi connectivity index (χ0v) is 10.9. The Morgan fingerprint density at radius 1 is 1.33 bits per heavy atom. The van der Waals surface area contributed by atoms with E-state index in [1.165, 1.54) is 12.8 Å². The maximum atomic E-state index is 10.5. The molecule has 1 aliphatic heterocycles. The van der Waals surface area contributed by atoms with Crippen LogP contribution in [0.3, 0.4) is 0 Å². The van der Waals surface area contributed by atoms with E-state index in [9.17, 15) is 4.79 Å². The quantitative estimate of drug-likeness (QED) is 0.774. The third-order valence-corrected chi connectivity index (χ3v) is 3.53. The van der Waals surface area contributed by atoms with E-state index in [2.05, 4.69) is 22.6 Å². The van der Waals surface area contributed by atoms with Crippen LogP contribution in [0.25, 0.3) is 0 Å². The first-order valence-corrected chi connectivity index (χ1v) is 6.49. The molecular weight excluding hydrogens is 226 g/mol. The molecule has 0 radical (unpaired) electrons. The Labute approximate surface area is 108 Å². The van der Waals surface area contributed by atoms with Crippen LogP contribution in [-0.2, 0) is 11.3 Å². The van der Waals surface area contributed by atoms with Gasteiger partial charge in [0.15, 0.2) is 0 Å². The van der Waals surface area contributed by atoms with E-state index in [1.54, 1.807) is 0 Å². The Morgan fingerprint density at radius 2 is 2.06 bits per heavy atom. The van der Waals surface area contributed by atoms with Crippen molar-refractivity contribution >= 4 is 12.1 Å². The van der Waals surface area contributed by atoms with E-state index >= 15 is 0 Å². The van der Waals surface area contributed by atoms with Crippen LogP contribution in [0, 0.1) is 0 Å². The van der Waals surface area contributed by atoms with Crippen molar-refractivity contribution in [1.29, 1.82) is 0 Å². The average molecular weight is 247 g/mol. The van der Waals surface area contributed by atoms with Crippen LogP contribution in [0.5, 0.6) is 0 Å². The number of nitrogens with zero attached hydrogens (tertiary/aromatic N) is 1. The Balaban J connectivity index is 1.87. The van der Waals surface area contributed by atoms with Gasteiger partial charge in [-0.3, -0.25) is 4.79 Å². The van der Waals surface area contributed by atoms with Crippen molar-refractivity contribution in [3.8, 4) is 0 Å². The summed E-state index contributed by atoms with van der Waals surface area (Å²) in [5, 5.41) is 6.32. The highest BCUT2D eigenvalue weighted by molar-refractivity contribution is 5.73. The van der Waals surface area contributed by atoms with Crippen molar-refractivity contribution in [2.45, 2.75) is 25.4 Å². The summed E-state index contributed by atoms with van der Waals surface area (Å²) in [5.74, 6) is 0. The maximum absolute atomic E-state index is 10.5. The number of likely N-dealkylation sites (tertiary alicyclic amines) is 1. The lowest BCUT2D eigenvalue weighted by Crippen LogP contribution is -2.40. The molecule has 1 aromatic rings. The molecule has 1 amide bonds. The standard InChI is InChI=1S/C14H21N3O/c1-17-8-6-13(7-9-17)15-10-12-4-2-3-5-14(12)16-11-18/h2-5,11,13,15H,6-10H2,1H3,(H,16,18). The molecular formula is C14H21N3O. The van der Waals surface area contributed by atoms with Gasteiger partial charge in [-0.05, 0) is 44.6 Å². The molecule has 0 bridgehead atoms. The smallest absolute Gasteiger partial charge is 0.211 e. The first kappa shape index (κ1) is 13.1. The number of para-hydroxylation sites is 1. The van der Waals surface area contributed by atoms with Crippen molar-refractivity contribution in [1.82, 2.24) is 10.2 Å². The lowest BCUT2D eigenvalue weighted by Gasteiger charge is -2.29. The van der Waals surface area contributed by atoms with Gasteiger partial charge in [-0.25, -0.2) is 0 Å². The van der Waals surface area contributed by atoms with E-state index in [1.807, 2.05) is 24.3 Å². The van der Waals surface area contributed by atoms with Gasteiger partial charge in [-0.1, -0.05) is 18.2 Å². The van der Waals surface area contributed by atoms with Gasteiger partial charge in [0.25, 0.3) is 0 Å². The van der Waals surface area contributed by atoms with Gasteiger partial charge in [0.05, 0.1) is 0 Å². The summed E-state index contributed by atoms with van der Waals surface area (Å²) in [7, 11) is 2.17. The van der Waals surface area contributed by atoms with Crippen LogP contribution in [0.4, 0.5) is 5.69 Å². The van der Waals surface area contributed by atoms with Gasteiger partial charge in [-0.2, -0.15) is 0 Å². The second-order valence-corrected chi connectivity index (χ2v) is 4.88. The minimum absolute atomic E-state index is 0.588. The molecule has 0 aromatic heterocycles. The molecule has 4 nitrogen and oxygen atoms in total. The molecule has 0 aliphatic carbocycles. The van der Waals surface area contributed by atoms with Crippen molar-refractivity contribution < 1.29 is 4.79 Å². The predicted molar refractivity (Wildman–Crippen MR) is 73.5 cm³/mol. The van der Waals surface area contributed by atoms with E-state index < -0.39 is 0 Å². The van der Waals surface area contributed by atoms with E-state index in [0.29, 0.717) is 6.04 Å². The Hall–Kier alpha value is -1.39. The van der Waals surface area contributed by atoms with Crippen LogP contribution in [-0.4, -0.2) is 37.5 Å². The van der Waals surface area contributed by atoms with Gasteiger partial charge < -0.3 is 15.5 Å². The lowest BCUT2D eigenvalue weighted by atomic mass is 10.0. The van der Waals surface area contributed by atoms with Crippen LogP contribution in [0.2, 0.25) is 0 Å². The predicted octanol–water partition coefficient (Wildman–Crippen LogP) is 1.44. The number of anilines is 1. The zero-order chi connectivity index (χ0) is 12.8. The number of carbonyl (C=O) groups excluding carboxylic acids is 1. The fraction of sp³-hybridized carbons (Fsp3) is 0.500. The normalized spacial score (nSPS) is 17.6. The first-order chi connectivity index (χ1) is 8.79. The molecule has 1 aliphatic rings. The topological polar surface area (TPSA) is 44.4 Å². The molecule has 1 fully saturated rings. The molecule has 2 N–H and O–H groups in total. The second kappa shape index (κ2) is 6.52. The van der Waals surface area contributed by atoms with Crippen LogP contribution < -0.4 is 10.6 Å². The number of nitrogens with one attached hydrogen (secondary N) is 2. The molecule has 18 heavy (non-hydrogen) atoms. The second-order valence-electron chi connectivity index (χ2n) is 4.88. The van der Waals surface area contributed by atoms with Crippen molar-refractivity contribution in [2.75, 3.05) is 25.5 Å². The third-order valence-electron chi connectivity index (χ3n) is 3.53. The summed E-state index contributed by atoms with van der Waals surface area (Å²) in [6.07, 6.45) is 3.12. The molecule has 1 saturated heterocycles. The number of hydrogen-bond donors (Lipinski definition) is 2. The highest BCUT2D eigenvalue weighted by atomic mass is 16.1. The summed E-state index contributed by atoms with van der Waals surface area (Å²) in [6.45, 7) is 3.13. The Morgan fingerprint density at radius 3 is 2.78 bits per heavy atom. The molecule has 0 atom stereocenters. The molecule has 1 aromatic carbocycles. The number of carbonyl (C=O) groups is 1. The van der Waals surface area contributed by atoms with E-state index in [-0.39, 0.29) is 0 Å². The Kier molecular flexibility index (Phi) is 4.73. The summed E-state index contributed by atoms with van der Waals surface area (Å²) >= 11 is 0. The third kappa shape index (κ3) is 3.55. The maximum Gasteiger partial charge on any atom is 0.211 e. The summed E-state index contributed by atoms with van der Waals surface area (Å²) < 4.78 is 0. The van der Waals surface area contributed by atoms with Crippen molar-refractivity contribution in [2.24, 2.45) is 0 Å². The number of rotatable bonds is 5. The summed E-state index contributed by atoms with van der Waals surface area (Å²) in [5.41, 5.74) is 2.04. The zero-order valence-electron chi connectivity index (χ0n) is 10.9. The Bertz CT molecular complexity index is 386. The van der Waals surface area contributed by atoms with Crippen molar-refractivity contribution in [3.63, 3.8) is 0 Å². The SMILES string of the molecule is CN1CCC(NCc2ccccc2NC=O)CC1. The highest BCUT2D eigenvalue weighted by Gasteiger charge is 2.16. The van der Waals surface area contributed by atoms with Gasteiger partial charge in [0, 0.05) is 18.3 Å². The fourth-order valence-electron chi connectivity index (χ4n) is 2.35. The van der Waals surface area contributed by atoms with Crippen LogP contribution in [0.15, 0.2) is 24.3 Å². The van der Waals surface area contributed by atoms with Gasteiger partial charge in [0.2, 0.25) is 6.41 Å². The molecule has 1 heterocycles. The number of benzene rings is 1. The average Bonchev–Trinajstić information content (AvgIpc) is 2.40. The van der Waals surface area contributed by atoms with Gasteiger partial charge >= 0.3 is 0 Å². The highest BCUT2D eigenvalue weighted by Crippen LogP contribution is 2.15. The summed E-state index contributed by atoms with van der Waals surface area (Å²) in [4.78, 5) is 12.9. The monoisotopic (exact) mass is 247 g/mol. The molecule has 0 unspecified atom stereocenters. The minimum Gasteiger partial charge on any atom is -0.328 e. The van der Waals surface area contributed by atoms with Crippen LogP contribution >= 0.6 is 0 Å². The molecule has 2 rings (SSSR count).